The van der Waals surface area contributed by atoms with Crippen LogP contribution < -0.4 is 0 Å². The molecule has 0 fully saturated rings. The molecular weight excluding hydrogens is 939 g/mol. The molecule has 0 amide bonds. The fourth-order valence-corrected chi connectivity index (χ4v) is 7.33. The largest absolute Gasteiger partial charge is 0.508 e. The van der Waals surface area contributed by atoms with E-state index in [1.165, 1.54) is 21.6 Å². The summed E-state index contributed by atoms with van der Waals surface area (Å²) in [6.07, 6.45) is 0. The van der Waals surface area contributed by atoms with Gasteiger partial charge in [0.2, 0.25) is 0 Å². The van der Waals surface area contributed by atoms with E-state index < -0.39 is 0 Å². The lowest BCUT2D eigenvalue weighted by atomic mass is 10.2. The van der Waals surface area contributed by atoms with Crippen LogP contribution in [0.1, 0.15) is 16.7 Å². The maximum atomic E-state index is 9.58. The molecule has 6 aromatic carbocycles. The first-order chi connectivity index (χ1) is 26.9. The molecular formula is C41H32BBr3N6O3S2. The highest BCUT2D eigenvalue weighted by Crippen LogP contribution is 2.34. The average molecular weight is 971 g/mol. The van der Waals surface area contributed by atoms with Crippen molar-refractivity contribution < 1.29 is 15.3 Å². The summed E-state index contributed by atoms with van der Waals surface area (Å²) in [4.78, 5) is 9.30. The second-order valence-corrected chi connectivity index (χ2v) is 20.8. The summed E-state index contributed by atoms with van der Waals surface area (Å²) < 4.78 is 2.42. The molecule has 0 aliphatic rings. The SMILES string of the molecule is BrB(Br)Br.Cc1cc(O)ccc1N=Nc1ccc(-c2nc3ccc(O)cc3s2)cc1.Cc1ccc2nc(-c3ccc(N=Nc4ccc(O)cc4C)cc3)sc2c1. The van der Waals surface area contributed by atoms with Gasteiger partial charge in [0, 0.05) is 11.1 Å². The molecule has 9 nitrogen and oxygen atoms in total. The van der Waals surface area contributed by atoms with E-state index in [0.717, 1.165) is 70.8 Å². The fourth-order valence-electron chi connectivity index (χ4n) is 5.26. The van der Waals surface area contributed by atoms with Crippen LogP contribution in [0.3, 0.4) is 0 Å². The number of aromatic nitrogens is 2. The van der Waals surface area contributed by atoms with E-state index in [2.05, 4.69) is 97.8 Å². The number of hydrogen-bond acceptors (Lipinski definition) is 11. The van der Waals surface area contributed by atoms with Gasteiger partial charge in [-0.15, -0.1) is 69.9 Å². The number of rotatable bonds is 6. The summed E-state index contributed by atoms with van der Waals surface area (Å²) in [5.41, 5.74) is 9.93. The van der Waals surface area contributed by atoms with E-state index in [9.17, 15) is 15.3 Å². The van der Waals surface area contributed by atoms with Crippen molar-refractivity contribution in [2.45, 2.75) is 20.8 Å². The van der Waals surface area contributed by atoms with Gasteiger partial charge in [-0.25, -0.2) is 9.97 Å². The van der Waals surface area contributed by atoms with E-state index in [4.69, 9.17) is 4.98 Å². The van der Waals surface area contributed by atoms with Crippen LogP contribution in [0.25, 0.3) is 41.6 Å². The van der Waals surface area contributed by atoms with E-state index in [-0.39, 0.29) is 20.4 Å². The van der Waals surface area contributed by atoms with E-state index in [1.54, 1.807) is 59.9 Å². The standard InChI is InChI=1S/C21H17N3OS.C20H15N3O2S.BBr3/c1-13-3-9-19-20(11-13)26-21(22-19)15-4-6-16(7-5-15)23-24-18-10-8-17(25)12-14(18)2;1-12-10-15(24)6-8-17(12)23-22-14-4-2-13(3-5-14)20-21-18-9-7-16(25)11-19(18)26-20;2-1(3)4/h3-12,25H,1-2H3;2-11,24-25H,1H3;. The van der Waals surface area contributed by atoms with Gasteiger partial charge in [-0.2, -0.15) is 20.5 Å². The summed E-state index contributed by atoms with van der Waals surface area (Å²) in [6.45, 7) is 5.86. The molecule has 8 aromatic rings. The van der Waals surface area contributed by atoms with Gasteiger partial charge >= 0.3 is 3.18 Å². The van der Waals surface area contributed by atoms with Gasteiger partial charge < -0.3 is 15.3 Å². The molecule has 0 spiro atoms. The van der Waals surface area contributed by atoms with Crippen molar-refractivity contribution in [2.75, 3.05) is 0 Å². The predicted octanol–water partition coefficient (Wildman–Crippen LogP) is 15.0. The molecule has 0 saturated heterocycles. The van der Waals surface area contributed by atoms with Gasteiger partial charge in [0.1, 0.15) is 27.3 Å². The first kappa shape index (κ1) is 40.9. The Morgan fingerprint density at radius 1 is 0.482 bits per heavy atom. The maximum Gasteiger partial charge on any atom is 0.369 e. The quantitative estimate of drug-likeness (QED) is 0.113. The Labute approximate surface area is 356 Å². The van der Waals surface area contributed by atoms with Crippen molar-refractivity contribution >= 4 is 116 Å². The molecule has 15 heteroatoms. The minimum atomic E-state index is 0.218. The van der Waals surface area contributed by atoms with Crippen LogP contribution in [-0.2, 0) is 0 Å². The number of thiazole rings is 2. The Hall–Kier alpha value is -4.80. The van der Waals surface area contributed by atoms with E-state index >= 15 is 0 Å². The minimum absolute atomic E-state index is 0.218. The topological polar surface area (TPSA) is 136 Å². The molecule has 280 valence electrons. The number of nitrogens with zero attached hydrogens (tertiary/aromatic N) is 6. The first-order valence-corrected chi connectivity index (χ1v) is 21.3. The number of aryl methyl sites for hydroxylation is 3. The Bertz CT molecular complexity index is 2490. The van der Waals surface area contributed by atoms with Crippen molar-refractivity contribution in [2.24, 2.45) is 20.5 Å². The maximum absolute atomic E-state index is 9.58. The monoisotopic (exact) mass is 968 g/mol. The highest BCUT2D eigenvalue weighted by atomic mass is 79.9. The molecule has 56 heavy (non-hydrogen) atoms. The molecule has 0 bridgehead atoms. The molecule has 0 atom stereocenters. The van der Waals surface area contributed by atoms with Crippen LogP contribution in [0.2, 0.25) is 0 Å². The van der Waals surface area contributed by atoms with Gasteiger partial charge in [0.15, 0.2) is 0 Å². The number of phenols is 3. The summed E-state index contributed by atoms with van der Waals surface area (Å²) in [5.74, 6) is 0.694. The predicted molar refractivity (Wildman–Crippen MR) is 243 cm³/mol. The normalized spacial score (nSPS) is 11.1. The summed E-state index contributed by atoms with van der Waals surface area (Å²) in [6, 6.07) is 37.1. The number of benzene rings is 6. The van der Waals surface area contributed by atoms with Crippen molar-refractivity contribution in [1.82, 2.24) is 9.97 Å². The van der Waals surface area contributed by atoms with Crippen LogP contribution in [0.5, 0.6) is 17.2 Å². The molecule has 0 aliphatic carbocycles. The number of phenolic OH excluding ortho intramolecular Hbond substituents is 3. The molecule has 8 rings (SSSR count). The third-order valence-electron chi connectivity index (χ3n) is 8.05. The smallest absolute Gasteiger partial charge is 0.369 e. The number of fused-ring (bicyclic) bond motifs is 2. The number of hydrogen-bond donors (Lipinski definition) is 3. The van der Waals surface area contributed by atoms with Gasteiger partial charge in [-0.1, -0.05) is 6.07 Å². The third-order valence-corrected chi connectivity index (χ3v) is 10.2. The van der Waals surface area contributed by atoms with Crippen LogP contribution in [-0.4, -0.2) is 28.5 Å². The summed E-state index contributed by atoms with van der Waals surface area (Å²) >= 11 is 12.5. The molecule has 3 N–H and O–H groups in total. The Balaban J connectivity index is 0.000000174. The van der Waals surface area contributed by atoms with Crippen LogP contribution in [0.15, 0.2) is 142 Å². The van der Waals surface area contributed by atoms with Crippen molar-refractivity contribution in [1.29, 1.82) is 0 Å². The van der Waals surface area contributed by atoms with Gasteiger partial charge in [0.05, 0.1) is 43.2 Å². The summed E-state index contributed by atoms with van der Waals surface area (Å²) in [7, 11) is 0. The number of aromatic hydroxyl groups is 3. The Morgan fingerprint density at radius 2 is 0.875 bits per heavy atom. The first-order valence-electron chi connectivity index (χ1n) is 16.9. The molecule has 0 unspecified atom stereocenters. The van der Waals surface area contributed by atoms with Crippen molar-refractivity contribution in [3.8, 4) is 38.4 Å². The zero-order chi connectivity index (χ0) is 39.8. The molecule has 2 aromatic heterocycles. The lowest BCUT2D eigenvalue weighted by Gasteiger charge is -2.00. The van der Waals surface area contributed by atoms with Crippen LogP contribution in [0.4, 0.5) is 22.7 Å². The molecule has 0 saturated carbocycles. The highest BCUT2D eigenvalue weighted by molar-refractivity contribution is 9.69. The van der Waals surface area contributed by atoms with Gasteiger partial charge in [0.25, 0.3) is 0 Å². The Kier molecular flexibility index (Phi) is 13.8. The molecule has 2 heterocycles. The van der Waals surface area contributed by atoms with E-state index in [0.29, 0.717) is 0 Å². The molecule has 0 aliphatic heterocycles. The van der Waals surface area contributed by atoms with E-state index in [1.807, 2.05) is 68.4 Å². The van der Waals surface area contributed by atoms with Crippen molar-refractivity contribution in [3.05, 3.63) is 138 Å². The van der Waals surface area contributed by atoms with Crippen LogP contribution in [0, 0.1) is 20.8 Å². The molecule has 0 radical (unpaired) electrons. The van der Waals surface area contributed by atoms with Gasteiger partial charge in [-0.3, -0.25) is 0 Å². The fraction of sp³-hybridized carbons (Fsp3) is 0.0732. The van der Waals surface area contributed by atoms with Crippen LogP contribution >= 0.6 is 69.9 Å². The summed E-state index contributed by atoms with van der Waals surface area (Å²) in [5, 5.41) is 47.4. The lowest BCUT2D eigenvalue weighted by Crippen LogP contribution is -1.76. The third kappa shape index (κ3) is 11.2. The van der Waals surface area contributed by atoms with Crippen molar-refractivity contribution in [3.63, 3.8) is 0 Å². The lowest BCUT2D eigenvalue weighted by molar-refractivity contribution is 0.474. The highest BCUT2D eigenvalue weighted by Gasteiger charge is 2.09. The average Bonchev–Trinajstić information content (AvgIpc) is 3.79. The number of halogens is 3. The number of azo groups is 2. The zero-order valence-electron chi connectivity index (χ0n) is 30.1. The minimum Gasteiger partial charge on any atom is -0.508 e. The zero-order valence-corrected chi connectivity index (χ0v) is 36.5. The second-order valence-electron chi connectivity index (χ2n) is 12.3. The second kappa shape index (κ2) is 18.9. The van der Waals surface area contributed by atoms with Gasteiger partial charge in [-0.05, 0) is 153 Å². The Morgan fingerprint density at radius 3 is 1.32 bits per heavy atom.